The van der Waals surface area contributed by atoms with Gasteiger partial charge < -0.3 is 10.6 Å². The quantitative estimate of drug-likeness (QED) is 0.744. The highest BCUT2D eigenvalue weighted by Crippen LogP contribution is 2.15. The van der Waals surface area contributed by atoms with Crippen LogP contribution in [0, 0.1) is 0 Å². The van der Waals surface area contributed by atoms with Crippen LogP contribution in [0.15, 0.2) is 48.5 Å². The summed E-state index contributed by atoms with van der Waals surface area (Å²) in [4.78, 5) is 23.1. The predicted octanol–water partition coefficient (Wildman–Crippen LogP) is 3.43. The molecule has 0 radical (unpaired) electrons. The van der Waals surface area contributed by atoms with Crippen molar-refractivity contribution >= 4 is 52.1 Å². The van der Waals surface area contributed by atoms with Crippen molar-refractivity contribution in [2.75, 3.05) is 10.6 Å². The number of hydrogen-bond donors (Lipinski definition) is 3. The molecule has 118 valence electrons. The van der Waals surface area contributed by atoms with Gasteiger partial charge in [-0.05, 0) is 48.6 Å². The summed E-state index contributed by atoms with van der Waals surface area (Å²) in [5, 5.41) is 8.74. The molecule has 7 heteroatoms. The van der Waals surface area contributed by atoms with E-state index in [2.05, 4.69) is 16.0 Å². The topological polar surface area (TPSA) is 70.2 Å². The van der Waals surface area contributed by atoms with Crippen LogP contribution in [0.1, 0.15) is 17.3 Å². The standard InChI is InChI=1S/C16H14ClN3O2S/c1-10(21)18-13-6-3-7-14(9-13)19-16(23)20-15(22)11-4-2-5-12(17)8-11/h2-9H,1H3,(H,18,21)(H2,19,20,22,23). The summed E-state index contributed by atoms with van der Waals surface area (Å²) in [5.74, 6) is -0.526. The molecule has 5 nitrogen and oxygen atoms in total. The van der Waals surface area contributed by atoms with Crippen molar-refractivity contribution in [2.24, 2.45) is 0 Å². The van der Waals surface area contributed by atoms with Gasteiger partial charge in [-0.25, -0.2) is 0 Å². The summed E-state index contributed by atoms with van der Waals surface area (Å²) in [6.07, 6.45) is 0. The largest absolute Gasteiger partial charge is 0.332 e. The molecule has 0 aliphatic rings. The van der Waals surface area contributed by atoms with E-state index in [4.69, 9.17) is 23.8 Å². The van der Waals surface area contributed by atoms with Crippen LogP contribution in [0.4, 0.5) is 11.4 Å². The zero-order valence-electron chi connectivity index (χ0n) is 12.2. The smallest absolute Gasteiger partial charge is 0.257 e. The monoisotopic (exact) mass is 347 g/mol. The Hall–Kier alpha value is -2.44. The van der Waals surface area contributed by atoms with Crippen LogP contribution in [0.2, 0.25) is 5.02 Å². The van der Waals surface area contributed by atoms with E-state index >= 15 is 0 Å². The molecule has 0 spiro atoms. The van der Waals surface area contributed by atoms with Gasteiger partial charge in [0.2, 0.25) is 5.91 Å². The third kappa shape index (κ3) is 5.36. The lowest BCUT2D eigenvalue weighted by atomic mass is 10.2. The number of carbonyl (C=O) groups is 2. The Kier molecular flexibility index (Phi) is 5.67. The Balaban J connectivity index is 1.99. The number of halogens is 1. The zero-order valence-corrected chi connectivity index (χ0v) is 13.8. The van der Waals surface area contributed by atoms with E-state index in [1.165, 1.54) is 6.92 Å². The summed E-state index contributed by atoms with van der Waals surface area (Å²) >= 11 is 11.0. The summed E-state index contributed by atoms with van der Waals surface area (Å²) in [7, 11) is 0. The SMILES string of the molecule is CC(=O)Nc1cccc(NC(=S)NC(=O)c2cccc(Cl)c2)c1. The number of amides is 2. The molecule has 0 aliphatic carbocycles. The highest BCUT2D eigenvalue weighted by molar-refractivity contribution is 7.80. The molecule has 23 heavy (non-hydrogen) atoms. The molecule has 0 bridgehead atoms. The van der Waals surface area contributed by atoms with E-state index in [9.17, 15) is 9.59 Å². The van der Waals surface area contributed by atoms with Crippen molar-refractivity contribution < 1.29 is 9.59 Å². The van der Waals surface area contributed by atoms with Crippen LogP contribution in [0.3, 0.4) is 0 Å². The Bertz CT molecular complexity index is 764. The van der Waals surface area contributed by atoms with Crippen molar-refractivity contribution in [2.45, 2.75) is 6.92 Å². The number of hydrogen-bond acceptors (Lipinski definition) is 3. The van der Waals surface area contributed by atoms with Gasteiger partial charge in [-0.3, -0.25) is 14.9 Å². The number of carbonyl (C=O) groups excluding carboxylic acids is 2. The third-order valence-electron chi connectivity index (χ3n) is 2.75. The van der Waals surface area contributed by atoms with Crippen molar-refractivity contribution in [3.05, 3.63) is 59.1 Å². The summed E-state index contributed by atoms with van der Waals surface area (Å²) < 4.78 is 0. The van der Waals surface area contributed by atoms with Gasteiger partial charge in [0.1, 0.15) is 0 Å². The van der Waals surface area contributed by atoms with Crippen molar-refractivity contribution in [1.82, 2.24) is 5.32 Å². The second kappa shape index (κ2) is 7.71. The molecular formula is C16H14ClN3O2S. The van der Waals surface area contributed by atoms with Crippen LogP contribution in [-0.4, -0.2) is 16.9 Å². The fraction of sp³-hybridized carbons (Fsp3) is 0.0625. The fourth-order valence-electron chi connectivity index (χ4n) is 1.85. The average Bonchev–Trinajstić information content (AvgIpc) is 2.46. The van der Waals surface area contributed by atoms with Crippen LogP contribution >= 0.6 is 23.8 Å². The molecule has 0 heterocycles. The molecule has 0 saturated heterocycles. The lowest BCUT2D eigenvalue weighted by molar-refractivity contribution is -0.114. The second-order valence-electron chi connectivity index (χ2n) is 4.68. The van der Waals surface area contributed by atoms with Crippen LogP contribution in [-0.2, 0) is 4.79 Å². The molecule has 0 atom stereocenters. The fourth-order valence-corrected chi connectivity index (χ4v) is 2.25. The number of rotatable bonds is 3. The summed E-state index contributed by atoms with van der Waals surface area (Å²) in [6, 6.07) is 13.5. The molecule has 0 saturated carbocycles. The van der Waals surface area contributed by atoms with Gasteiger partial charge in [0.25, 0.3) is 5.91 Å². The molecule has 2 aromatic carbocycles. The van der Waals surface area contributed by atoms with Crippen LogP contribution in [0.5, 0.6) is 0 Å². The van der Waals surface area contributed by atoms with Gasteiger partial charge in [0.15, 0.2) is 5.11 Å². The number of thiocarbonyl (C=S) groups is 1. The molecule has 2 amide bonds. The first-order valence-corrected chi connectivity index (χ1v) is 7.48. The van der Waals surface area contributed by atoms with Crippen molar-refractivity contribution in [3.63, 3.8) is 0 Å². The van der Waals surface area contributed by atoms with E-state index in [1.54, 1.807) is 48.5 Å². The maximum atomic E-state index is 12.1. The van der Waals surface area contributed by atoms with Gasteiger partial charge in [-0.2, -0.15) is 0 Å². The van der Waals surface area contributed by atoms with E-state index < -0.39 is 0 Å². The van der Waals surface area contributed by atoms with Gasteiger partial charge in [0.05, 0.1) is 0 Å². The Morgan fingerprint density at radius 2 is 1.65 bits per heavy atom. The molecular weight excluding hydrogens is 334 g/mol. The van der Waals surface area contributed by atoms with E-state index in [1.807, 2.05) is 0 Å². The molecule has 2 rings (SSSR count). The second-order valence-corrected chi connectivity index (χ2v) is 5.53. The number of benzene rings is 2. The van der Waals surface area contributed by atoms with E-state index in [-0.39, 0.29) is 16.9 Å². The number of anilines is 2. The zero-order chi connectivity index (χ0) is 16.8. The van der Waals surface area contributed by atoms with Crippen LogP contribution in [0.25, 0.3) is 0 Å². The van der Waals surface area contributed by atoms with Gasteiger partial charge >= 0.3 is 0 Å². The summed E-state index contributed by atoms with van der Waals surface area (Å²) in [6.45, 7) is 1.43. The number of nitrogens with one attached hydrogen (secondary N) is 3. The first-order valence-electron chi connectivity index (χ1n) is 6.69. The van der Waals surface area contributed by atoms with Gasteiger partial charge in [-0.15, -0.1) is 0 Å². The maximum Gasteiger partial charge on any atom is 0.257 e. The first-order chi connectivity index (χ1) is 10.9. The maximum absolute atomic E-state index is 12.1. The Labute approximate surface area is 144 Å². The molecule has 0 fully saturated rings. The van der Waals surface area contributed by atoms with E-state index in [0.717, 1.165) is 0 Å². The van der Waals surface area contributed by atoms with Crippen molar-refractivity contribution in [3.8, 4) is 0 Å². The molecule has 0 unspecified atom stereocenters. The highest BCUT2D eigenvalue weighted by Gasteiger charge is 2.08. The van der Waals surface area contributed by atoms with Crippen LogP contribution < -0.4 is 16.0 Å². The highest BCUT2D eigenvalue weighted by atomic mass is 35.5. The predicted molar refractivity (Wildman–Crippen MR) is 95.9 cm³/mol. The molecule has 0 aliphatic heterocycles. The lowest BCUT2D eigenvalue weighted by Gasteiger charge is -2.11. The molecule has 3 N–H and O–H groups in total. The van der Waals surface area contributed by atoms with Crippen molar-refractivity contribution in [1.29, 1.82) is 0 Å². The third-order valence-corrected chi connectivity index (χ3v) is 3.19. The lowest BCUT2D eigenvalue weighted by Crippen LogP contribution is -2.34. The Morgan fingerprint density at radius 3 is 2.30 bits per heavy atom. The van der Waals surface area contributed by atoms with Gasteiger partial charge in [-0.1, -0.05) is 23.7 Å². The molecule has 2 aromatic rings. The first kappa shape index (κ1) is 16.9. The average molecular weight is 348 g/mol. The Morgan fingerprint density at radius 1 is 1.00 bits per heavy atom. The summed E-state index contributed by atoms with van der Waals surface area (Å²) in [5.41, 5.74) is 1.69. The minimum atomic E-state index is -0.358. The minimum Gasteiger partial charge on any atom is -0.332 e. The molecule has 0 aromatic heterocycles. The minimum absolute atomic E-state index is 0.148. The normalized spacial score (nSPS) is 9.83. The van der Waals surface area contributed by atoms with Gasteiger partial charge in [0, 0.05) is 28.9 Å². The van der Waals surface area contributed by atoms with E-state index in [0.29, 0.717) is 22.0 Å².